The van der Waals surface area contributed by atoms with Crippen LogP contribution in [0.25, 0.3) is 11.0 Å². The van der Waals surface area contributed by atoms with E-state index in [9.17, 15) is 9.59 Å². The number of methoxy groups -OCH3 is 1. The second-order valence-electron chi connectivity index (χ2n) is 6.97. The van der Waals surface area contributed by atoms with E-state index in [1.807, 2.05) is 48.5 Å². The molecule has 156 valence electrons. The number of amides is 1. The van der Waals surface area contributed by atoms with Crippen LogP contribution in [0.1, 0.15) is 21.7 Å². The SMILES string of the molecule is COc1ccc(CNC(=O)Cn2c(C(=O)c3ccc(Cl)cc3)nc3ccccc32)cc1. The number of fused-ring (bicyclic) bond motifs is 1. The second kappa shape index (κ2) is 9.02. The zero-order valence-corrected chi connectivity index (χ0v) is 17.6. The first-order valence-electron chi connectivity index (χ1n) is 9.70. The van der Waals surface area contributed by atoms with Crippen LogP contribution in [-0.2, 0) is 17.9 Å². The maximum Gasteiger partial charge on any atom is 0.240 e. The van der Waals surface area contributed by atoms with Gasteiger partial charge in [-0.05, 0) is 54.1 Å². The minimum absolute atomic E-state index is 0.0225. The summed E-state index contributed by atoms with van der Waals surface area (Å²) >= 11 is 5.94. The van der Waals surface area contributed by atoms with Gasteiger partial charge in [-0.2, -0.15) is 0 Å². The molecule has 1 amide bonds. The molecule has 0 saturated carbocycles. The molecule has 0 radical (unpaired) electrons. The first-order valence-corrected chi connectivity index (χ1v) is 10.1. The lowest BCUT2D eigenvalue weighted by molar-refractivity contribution is -0.121. The Morgan fingerprint density at radius 1 is 1.00 bits per heavy atom. The van der Waals surface area contributed by atoms with E-state index in [4.69, 9.17) is 16.3 Å². The van der Waals surface area contributed by atoms with Gasteiger partial charge in [0.1, 0.15) is 12.3 Å². The van der Waals surface area contributed by atoms with Crippen LogP contribution < -0.4 is 10.1 Å². The minimum Gasteiger partial charge on any atom is -0.497 e. The Hall–Kier alpha value is -3.64. The van der Waals surface area contributed by atoms with E-state index in [1.54, 1.807) is 35.9 Å². The number of halogens is 1. The van der Waals surface area contributed by atoms with E-state index in [0.717, 1.165) is 16.8 Å². The summed E-state index contributed by atoms with van der Waals surface area (Å²) in [6.07, 6.45) is 0. The number of para-hydroxylation sites is 2. The molecule has 6 nitrogen and oxygen atoms in total. The third-order valence-electron chi connectivity index (χ3n) is 4.91. The largest absolute Gasteiger partial charge is 0.497 e. The Morgan fingerprint density at radius 3 is 2.42 bits per heavy atom. The van der Waals surface area contributed by atoms with E-state index in [1.165, 1.54) is 0 Å². The molecule has 0 aliphatic heterocycles. The van der Waals surface area contributed by atoms with Gasteiger partial charge in [0.15, 0.2) is 5.82 Å². The molecule has 4 aromatic rings. The Labute approximate surface area is 184 Å². The normalized spacial score (nSPS) is 10.8. The predicted molar refractivity (Wildman–Crippen MR) is 119 cm³/mol. The lowest BCUT2D eigenvalue weighted by atomic mass is 10.1. The molecule has 0 aliphatic rings. The van der Waals surface area contributed by atoms with Crippen molar-refractivity contribution in [3.05, 3.63) is 94.8 Å². The minimum atomic E-state index is -0.268. The zero-order chi connectivity index (χ0) is 21.8. The predicted octanol–water partition coefficient (Wildman–Crippen LogP) is 4.25. The van der Waals surface area contributed by atoms with E-state index in [2.05, 4.69) is 10.3 Å². The third-order valence-corrected chi connectivity index (χ3v) is 5.17. The van der Waals surface area contributed by atoms with E-state index in [-0.39, 0.29) is 24.1 Å². The number of rotatable bonds is 7. The van der Waals surface area contributed by atoms with Crippen LogP contribution in [0.3, 0.4) is 0 Å². The quantitative estimate of drug-likeness (QED) is 0.442. The highest BCUT2D eigenvalue weighted by atomic mass is 35.5. The van der Waals surface area contributed by atoms with Crippen LogP contribution in [0.2, 0.25) is 5.02 Å². The van der Waals surface area contributed by atoms with Crippen molar-refractivity contribution < 1.29 is 14.3 Å². The Morgan fingerprint density at radius 2 is 1.71 bits per heavy atom. The number of aromatic nitrogens is 2. The number of hydrogen-bond acceptors (Lipinski definition) is 4. The van der Waals surface area contributed by atoms with Crippen molar-refractivity contribution in [1.82, 2.24) is 14.9 Å². The van der Waals surface area contributed by atoms with Gasteiger partial charge >= 0.3 is 0 Å². The first kappa shape index (κ1) is 20.6. The average Bonchev–Trinajstić information content (AvgIpc) is 3.16. The van der Waals surface area contributed by atoms with Gasteiger partial charge in [0.25, 0.3) is 0 Å². The van der Waals surface area contributed by atoms with Crippen LogP contribution in [0.4, 0.5) is 0 Å². The maximum atomic E-state index is 13.1. The highest BCUT2D eigenvalue weighted by Gasteiger charge is 2.20. The number of hydrogen-bond donors (Lipinski definition) is 1. The standard InChI is InChI=1S/C24H20ClN3O3/c1-31-19-12-6-16(7-13-19)14-26-22(29)15-28-21-5-3-2-4-20(21)27-24(28)23(30)17-8-10-18(25)11-9-17/h2-13H,14-15H2,1H3,(H,26,29). The van der Waals surface area contributed by atoms with Crippen molar-refractivity contribution in [2.75, 3.05) is 7.11 Å². The lowest BCUT2D eigenvalue weighted by Crippen LogP contribution is -2.28. The van der Waals surface area contributed by atoms with Crippen molar-refractivity contribution in [2.24, 2.45) is 0 Å². The summed E-state index contributed by atoms with van der Waals surface area (Å²) in [6, 6.07) is 21.4. The third kappa shape index (κ3) is 4.59. The summed E-state index contributed by atoms with van der Waals surface area (Å²) in [7, 11) is 1.61. The topological polar surface area (TPSA) is 73.2 Å². The van der Waals surface area contributed by atoms with Crippen LogP contribution >= 0.6 is 11.6 Å². The molecule has 1 heterocycles. The summed E-state index contributed by atoms with van der Waals surface area (Å²) < 4.78 is 6.80. The maximum absolute atomic E-state index is 13.1. The molecule has 0 fully saturated rings. The van der Waals surface area contributed by atoms with Crippen LogP contribution in [-0.4, -0.2) is 28.4 Å². The molecule has 7 heteroatoms. The highest BCUT2D eigenvalue weighted by molar-refractivity contribution is 6.30. The van der Waals surface area contributed by atoms with Gasteiger partial charge in [0, 0.05) is 17.1 Å². The number of nitrogens with one attached hydrogen (secondary N) is 1. The van der Waals surface area contributed by atoms with Gasteiger partial charge in [-0.3, -0.25) is 9.59 Å². The van der Waals surface area contributed by atoms with Gasteiger partial charge < -0.3 is 14.6 Å². The van der Waals surface area contributed by atoms with Crippen molar-refractivity contribution in [3.63, 3.8) is 0 Å². The van der Waals surface area contributed by atoms with Gasteiger partial charge in [-0.25, -0.2) is 4.98 Å². The lowest BCUT2D eigenvalue weighted by Gasteiger charge is -2.10. The highest BCUT2D eigenvalue weighted by Crippen LogP contribution is 2.20. The van der Waals surface area contributed by atoms with E-state index in [0.29, 0.717) is 22.6 Å². The second-order valence-corrected chi connectivity index (χ2v) is 7.41. The van der Waals surface area contributed by atoms with E-state index >= 15 is 0 Å². The molecule has 31 heavy (non-hydrogen) atoms. The molecule has 4 rings (SSSR count). The molecule has 0 bridgehead atoms. The average molecular weight is 434 g/mol. The first-order chi connectivity index (χ1) is 15.0. The molecule has 0 unspecified atom stereocenters. The fourth-order valence-electron chi connectivity index (χ4n) is 3.28. The summed E-state index contributed by atoms with van der Waals surface area (Å²) in [5, 5.41) is 3.44. The van der Waals surface area contributed by atoms with Gasteiger partial charge in [0.05, 0.1) is 18.1 Å². The van der Waals surface area contributed by atoms with Crippen molar-refractivity contribution in [2.45, 2.75) is 13.1 Å². The number of carbonyl (C=O) groups is 2. The molecule has 0 aliphatic carbocycles. The monoisotopic (exact) mass is 433 g/mol. The number of nitrogens with zero attached hydrogens (tertiary/aromatic N) is 2. The summed E-state index contributed by atoms with van der Waals surface area (Å²) in [4.78, 5) is 30.3. The number of ether oxygens (including phenoxy) is 1. The number of ketones is 1. The molecular weight excluding hydrogens is 414 g/mol. The van der Waals surface area contributed by atoms with E-state index < -0.39 is 0 Å². The molecular formula is C24H20ClN3O3. The molecule has 3 aromatic carbocycles. The van der Waals surface area contributed by atoms with Crippen LogP contribution in [0.5, 0.6) is 5.75 Å². The molecule has 0 atom stereocenters. The van der Waals surface area contributed by atoms with Crippen molar-refractivity contribution in [3.8, 4) is 5.75 Å². The Kier molecular flexibility index (Phi) is 6.00. The fraction of sp³-hybridized carbons (Fsp3) is 0.125. The number of carbonyl (C=O) groups excluding carboxylic acids is 2. The fourth-order valence-corrected chi connectivity index (χ4v) is 3.41. The van der Waals surface area contributed by atoms with Gasteiger partial charge in [-0.15, -0.1) is 0 Å². The molecule has 1 aromatic heterocycles. The Balaban J connectivity index is 1.57. The molecule has 0 spiro atoms. The molecule has 0 saturated heterocycles. The Bertz CT molecular complexity index is 1230. The summed E-state index contributed by atoms with van der Waals surface area (Å²) in [6.45, 7) is 0.348. The molecule has 1 N–H and O–H groups in total. The zero-order valence-electron chi connectivity index (χ0n) is 16.8. The van der Waals surface area contributed by atoms with Gasteiger partial charge in [-0.1, -0.05) is 35.9 Å². The number of imidazole rings is 1. The van der Waals surface area contributed by atoms with Crippen molar-refractivity contribution in [1.29, 1.82) is 0 Å². The van der Waals surface area contributed by atoms with Crippen LogP contribution in [0, 0.1) is 0 Å². The summed E-state index contributed by atoms with van der Waals surface area (Å²) in [5.74, 6) is 0.480. The van der Waals surface area contributed by atoms with Crippen molar-refractivity contribution >= 4 is 34.3 Å². The smallest absolute Gasteiger partial charge is 0.240 e. The van der Waals surface area contributed by atoms with Gasteiger partial charge in [0.2, 0.25) is 11.7 Å². The van der Waals surface area contributed by atoms with Crippen LogP contribution in [0.15, 0.2) is 72.8 Å². The number of benzene rings is 3. The summed E-state index contributed by atoms with van der Waals surface area (Å²) in [5.41, 5.74) is 2.78.